The predicted octanol–water partition coefficient (Wildman–Crippen LogP) is 0.887. The molecule has 1 fully saturated rings. The molecule has 1 aliphatic heterocycles. The Hall–Kier alpha value is -1.29. The number of carbonyl (C=O) groups is 1. The van der Waals surface area contributed by atoms with E-state index < -0.39 is 0 Å². The van der Waals surface area contributed by atoms with Crippen molar-refractivity contribution >= 4 is 5.91 Å². The minimum Gasteiger partial charge on any atom is -0.357 e. The van der Waals surface area contributed by atoms with Crippen molar-refractivity contribution in [3.05, 3.63) is 24.0 Å². The summed E-state index contributed by atoms with van der Waals surface area (Å²) < 4.78 is 0. The number of carbonyl (C=O) groups excluding carboxylic acids is 1. The minimum atomic E-state index is -0.0210. The van der Waals surface area contributed by atoms with Crippen LogP contribution < -0.4 is 10.6 Å². The molecule has 1 atom stereocenters. The van der Waals surface area contributed by atoms with Gasteiger partial charge in [0.05, 0.1) is 0 Å². The van der Waals surface area contributed by atoms with Gasteiger partial charge in [-0.15, -0.1) is 0 Å². The van der Waals surface area contributed by atoms with Crippen LogP contribution in [0.1, 0.15) is 29.8 Å². The van der Waals surface area contributed by atoms with Crippen molar-refractivity contribution in [3.63, 3.8) is 0 Å². The van der Waals surface area contributed by atoms with E-state index in [0.29, 0.717) is 11.7 Å². The lowest BCUT2D eigenvalue weighted by Gasteiger charge is -2.23. The lowest BCUT2D eigenvalue weighted by atomic mass is 10.1. The van der Waals surface area contributed by atoms with Gasteiger partial charge in [0.2, 0.25) is 0 Å². The van der Waals surface area contributed by atoms with Crippen molar-refractivity contribution in [2.24, 2.45) is 0 Å². The first-order valence-electron chi connectivity index (χ1n) is 5.51. The molecule has 4 nitrogen and oxygen atoms in total. The zero-order valence-electron chi connectivity index (χ0n) is 8.75. The number of nitrogens with one attached hydrogen (secondary N) is 3. The highest BCUT2D eigenvalue weighted by Crippen LogP contribution is 2.05. The summed E-state index contributed by atoms with van der Waals surface area (Å²) in [6, 6.07) is 4.05. The second-order valence-electron chi connectivity index (χ2n) is 3.94. The van der Waals surface area contributed by atoms with E-state index in [-0.39, 0.29) is 5.91 Å². The van der Waals surface area contributed by atoms with E-state index in [0.717, 1.165) is 19.5 Å². The van der Waals surface area contributed by atoms with Crippen molar-refractivity contribution in [2.75, 3.05) is 13.1 Å². The molecule has 0 saturated carbocycles. The quantitative estimate of drug-likeness (QED) is 0.689. The maximum Gasteiger partial charge on any atom is 0.267 e. The fourth-order valence-corrected chi connectivity index (χ4v) is 1.88. The number of rotatable bonds is 3. The van der Waals surface area contributed by atoms with E-state index in [1.807, 2.05) is 6.07 Å². The third kappa shape index (κ3) is 2.83. The highest BCUT2D eigenvalue weighted by Gasteiger charge is 2.13. The largest absolute Gasteiger partial charge is 0.357 e. The molecule has 2 rings (SSSR count). The molecular formula is C11H17N3O. The van der Waals surface area contributed by atoms with Gasteiger partial charge in [-0.3, -0.25) is 4.79 Å². The van der Waals surface area contributed by atoms with Crippen LogP contribution in [0.25, 0.3) is 0 Å². The van der Waals surface area contributed by atoms with Crippen LogP contribution in [0, 0.1) is 0 Å². The summed E-state index contributed by atoms with van der Waals surface area (Å²) in [6.45, 7) is 1.79. The second kappa shape index (κ2) is 4.98. The van der Waals surface area contributed by atoms with Gasteiger partial charge in [0.15, 0.2) is 0 Å². The van der Waals surface area contributed by atoms with Gasteiger partial charge in [0, 0.05) is 18.8 Å². The SMILES string of the molecule is O=C(NCC1CCCCN1)c1ccc[nH]1. The van der Waals surface area contributed by atoms with E-state index >= 15 is 0 Å². The first kappa shape index (κ1) is 10.2. The molecule has 0 aromatic carbocycles. The highest BCUT2D eigenvalue weighted by atomic mass is 16.1. The Morgan fingerprint density at radius 2 is 2.47 bits per heavy atom. The number of aromatic nitrogens is 1. The smallest absolute Gasteiger partial charge is 0.267 e. The van der Waals surface area contributed by atoms with Crippen molar-refractivity contribution in [1.29, 1.82) is 0 Å². The number of H-pyrrole nitrogens is 1. The summed E-state index contributed by atoms with van der Waals surface area (Å²) in [7, 11) is 0. The highest BCUT2D eigenvalue weighted by molar-refractivity contribution is 5.92. The summed E-state index contributed by atoms with van der Waals surface area (Å²) in [5, 5.41) is 6.32. The average molecular weight is 207 g/mol. The number of aromatic amines is 1. The summed E-state index contributed by atoms with van der Waals surface area (Å²) >= 11 is 0. The fraction of sp³-hybridized carbons (Fsp3) is 0.545. The van der Waals surface area contributed by atoms with Gasteiger partial charge in [-0.2, -0.15) is 0 Å². The topological polar surface area (TPSA) is 56.9 Å². The Morgan fingerprint density at radius 3 is 3.13 bits per heavy atom. The molecule has 0 aliphatic carbocycles. The van der Waals surface area contributed by atoms with Gasteiger partial charge in [-0.1, -0.05) is 6.42 Å². The van der Waals surface area contributed by atoms with Crippen LogP contribution in [0.5, 0.6) is 0 Å². The second-order valence-corrected chi connectivity index (χ2v) is 3.94. The Kier molecular flexibility index (Phi) is 3.40. The summed E-state index contributed by atoms with van der Waals surface area (Å²) in [5.41, 5.74) is 0.630. The lowest BCUT2D eigenvalue weighted by molar-refractivity contribution is 0.0943. The molecule has 1 unspecified atom stereocenters. The van der Waals surface area contributed by atoms with E-state index in [2.05, 4.69) is 15.6 Å². The Balaban J connectivity index is 1.75. The number of hydrogen-bond acceptors (Lipinski definition) is 2. The summed E-state index contributed by atoms with van der Waals surface area (Å²) in [4.78, 5) is 14.5. The summed E-state index contributed by atoms with van der Waals surface area (Å²) in [5.74, 6) is -0.0210. The summed E-state index contributed by atoms with van der Waals surface area (Å²) in [6.07, 6.45) is 5.43. The first-order chi connectivity index (χ1) is 7.36. The zero-order chi connectivity index (χ0) is 10.5. The van der Waals surface area contributed by atoms with Crippen LogP contribution in [0.4, 0.5) is 0 Å². The molecule has 0 bridgehead atoms. The normalized spacial score (nSPS) is 21.2. The standard InChI is InChI=1S/C11H17N3O/c15-11(10-5-3-7-13-10)14-8-9-4-1-2-6-12-9/h3,5,7,9,12-13H,1-2,4,6,8H2,(H,14,15). The molecule has 1 aromatic heterocycles. The van der Waals surface area contributed by atoms with E-state index in [1.54, 1.807) is 12.3 Å². The van der Waals surface area contributed by atoms with Crippen LogP contribution in [0.2, 0.25) is 0 Å². The van der Waals surface area contributed by atoms with Gasteiger partial charge < -0.3 is 15.6 Å². The maximum absolute atomic E-state index is 11.6. The van der Waals surface area contributed by atoms with Crippen molar-refractivity contribution in [3.8, 4) is 0 Å². The number of piperidine rings is 1. The minimum absolute atomic E-state index is 0.0210. The molecule has 1 amide bonds. The number of hydrogen-bond donors (Lipinski definition) is 3. The van der Waals surface area contributed by atoms with Crippen LogP contribution in [-0.2, 0) is 0 Å². The molecule has 3 N–H and O–H groups in total. The molecule has 15 heavy (non-hydrogen) atoms. The molecule has 1 aromatic rings. The average Bonchev–Trinajstić information content (AvgIpc) is 2.81. The molecule has 2 heterocycles. The molecule has 82 valence electrons. The molecule has 4 heteroatoms. The first-order valence-corrected chi connectivity index (χ1v) is 5.51. The van der Waals surface area contributed by atoms with E-state index in [1.165, 1.54) is 12.8 Å². The van der Waals surface area contributed by atoms with Gasteiger partial charge in [-0.25, -0.2) is 0 Å². The third-order valence-electron chi connectivity index (χ3n) is 2.76. The Morgan fingerprint density at radius 1 is 1.53 bits per heavy atom. The van der Waals surface area contributed by atoms with Gasteiger partial charge in [-0.05, 0) is 31.5 Å². The van der Waals surface area contributed by atoms with Crippen LogP contribution in [0.15, 0.2) is 18.3 Å². The van der Waals surface area contributed by atoms with Gasteiger partial charge in [0.25, 0.3) is 5.91 Å². The monoisotopic (exact) mass is 207 g/mol. The van der Waals surface area contributed by atoms with Crippen molar-refractivity contribution < 1.29 is 4.79 Å². The predicted molar refractivity (Wildman–Crippen MR) is 58.8 cm³/mol. The van der Waals surface area contributed by atoms with Crippen LogP contribution >= 0.6 is 0 Å². The van der Waals surface area contributed by atoms with E-state index in [9.17, 15) is 4.79 Å². The molecular weight excluding hydrogens is 190 g/mol. The molecule has 0 spiro atoms. The number of amides is 1. The van der Waals surface area contributed by atoms with E-state index in [4.69, 9.17) is 0 Å². The van der Waals surface area contributed by atoms with Gasteiger partial charge >= 0.3 is 0 Å². The molecule has 1 saturated heterocycles. The van der Waals surface area contributed by atoms with Crippen LogP contribution in [-0.4, -0.2) is 30.0 Å². The van der Waals surface area contributed by atoms with Crippen LogP contribution in [0.3, 0.4) is 0 Å². The van der Waals surface area contributed by atoms with Crippen molar-refractivity contribution in [2.45, 2.75) is 25.3 Å². The maximum atomic E-state index is 11.6. The lowest BCUT2D eigenvalue weighted by Crippen LogP contribution is -2.43. The third-order valence-corrected chi connectivity index (χ3v) is 2.76. The fourth-order valence-electron chi connectivity index (χ4n) is 1.88. The Labute approximate surface area is 89.5 Å². The molecule has 0 radical (unpaired) electrons. The Bertz CT molecular complexity index is 302. The van der Waals surface area contributed by atoms with Gasteiger partial charge in [0.1, 0.15) is 5.69 Å². The van der Waals surface area contributed by atoms with Crippen molar-refractivity contribution in [1.82, 2.24) is 15.6 Å². The molecule has 1 aliphatic rings. The zero-order valence-corrected chi connectivity index (χ0v) is 8.75.